The van der Waals surface area contributed by atoms with E-state index in [1.54, 1.807) is 18.2 Å². The molecule has 0 saturated carbocycles. The number of halogens is 2. The minimum Gasteiger partial charge on any atom is -0.287 e. The molecule has 0 aromatic heterocycles. The zero-order chi connectivity index (χ0) is 17.6. The molecule has 2 heterocycles. The number of benzene rings is 2. The molecule has 2 aromatic carbocycles. The molecule has 1 atom stereocenters. The molecule has 2 amide bonds. The van der Waals surface area contributed by atoms with E-state index < -0.39 is 6.04 Å². The Bertz CT molecular complexity index is 868. The highest BCUT2D eigenvalue weighted by atomic mass is 35.5. The van der Waals surface area contributed by atoms with Crippen LogP contribution in [0, 0.1) is 0 Å². The van der Waals surface area contributed by atoms with Crippen molar-refractivity contribution in [3.05, 3.63) is 63.6 Å². The second kappa shape index (κ2) is 6.45. The van der Waals surface area contributed by atoms with E-state index in [1.807, 2.05) is 12.1 Å². The molecule has 2 aliphatic rings. The lowest BCUT2D eigenvalue weighted by atomic mass is 9.98. The van der Waals surface area contributed by atoms with Crippen LogP contribution in [0.15, 0.2) is 42.5 Å². The van der Waals surface area contributed by atoms with Gasteiger partial charge in [-0.15, -0.1) is 0 Å². The fourth-order valence-electron chi connectivity index (χ4n) is 3.60. The van der Waals surface area contributed by atoms with Gasteiger partial charge in [0.2, 0.25) is 5.91 Å². The fraction of sp³-hybridized carbons (Fsp3) is 0.263. The van der Waals surface area contributed by atoms with Gasteiger partial charge in [-0.1, -0.05) is 53.5 Å². The first-order valence-corrected chi connectivity index (χ1v) is 8.93. The van der Waals surface area contributed by atoms with Gasteiger partial charge in [0, 0.05) is 13.1 Å². The summed E-state index contributed by atoms with van der Waals surface area (Å²) >= 11 is 12.3. The molecule has 1 fully saturated rings. The minimum atomic E-state index is -0.448. The zero-order valence-electron chi connectivity index (χ0n) is 13.4. The third kappa shape index (κ3) is 2.84. The Kier molecular flexibility index (Phi) is 4.28. The van der Waals surface area contributed by atoms with E-state index in [-0.39, 0.29) is 23.3 Å². The smallest absolute Gasteiger partial charge is 0.251 e. The van der Waals surface area contributed by atoms with Gasteiger partial charge in [0.05, 0.1) is 28.2 Å². The number of carbonyl (C=O) groups excluding carboxylic acids is 2. The highest BCUT2D eigenvalue weighted by Crippen LogP contribution is 2.36. The largest absolute Gasteiger partial charge is 0.287 e. The maximum absolute atomic E-state index is 13.0. The van der Waals surface area contributed by atoms with Crippen molar-refractivity contribution in [2.75, 3.05) is 11.4 Å². The first kappa shape index (κ1) is 16.6. The monoisotopic (exact) mass is 374 g/mol. The van der Waals surface area contributed by atoms with Crippen LogP contribution in [0.4, 0.5) is 5.69 Å². The van der Waals surface area contributed by atoms with Gasteiger partial charge in [0.15, 0.2) is 0 Å². The quantitative estimate of drug-likeness (QED) is 0.752. The normalized spacial score (nSPS) is 20.9. The van der Waals surface area contributed by atoms with Crippen LogP contribution in [-0.2, 0) is 22.6 Å². The maximum atomic E-state index is 13.0. The maximum Gasteiger partial charge on any atom is 0.251 e. The number of hydrogen-bond donors (Lipinski definition) is 0. The summed E-state index contributed by atoms with van der Waals surface area (Å²) in [5.74, 6) is -0.466. The summed E-state index contributed by atoms with van der Waals surface area (Å²) in [6.07, 6.45) is 1.05. The Hall–Kier alpha value is -1.88. The van der Waals surface area contributed by atoms with E-state index in [4.69, 9.17) is 23.2 Å². The number of hydrogen-bond acceptors (Lipinski definition) is 3. The number of fused-ring (bicyclic) bond motifs is 1. The van der Waals surface area contributed by atoms with Crippen LogP contribution in [0.5, 0.6) is 0 Å². The first-order chi connectivity index (χ1) is 12.1. The van der Waals surface area contributed by atoms with Gasteiger partial charge in [0.1, 0.15) is 0 Å². The van der Waals surface area contributed by atoms with Gasteiger partial charge in [0.25, 0.3) is 5.91 Å². The van der Waals surface area contributed by atoms with Crippen LogP contribution < -0.4 is 4.90 Å². The van der Waals surface area contributed by atoms with Crippen LogP contribution in [-0.4, -0.2) is 29.3 Å². The molecule has 0 N–H and O–H groups in total. The van der Waals surface area contributed by atoms with Gasteiger partial charge >= 0.3 is 0 Å². The molecule has 1 saturated heterocycles. The molecule has 4 rings (SSSR count). The summed E-state index contributed by atoms with van der Waals surface area (Å²) in [6.45, 7) is 1.44. The van der Waals surface area contributed by atoms with Crippen LogP contribution in [0.3, 0.4) is 0 Å². The number of anilines is 1. The van der Waals surface area contributed by atoms with Gasteiger partial charge in [-0.25, -0.2) is 4.90 Å². The van der Waals surface area contributed by atoms with Crippen LogP contribution in [0.2, 0.25) is 10.0 Å². The van der Waals surface area contributed by atoms with E-state index in [0.717, 1.165) is 13.0 Å². The zero-order valence-corrected chi connectivity index (χ0v) is 14.9. The Labute approximate surface area is 155 Å². The second-order valence-electron chi connectivity index (χ2n) is 6.35. The fourth-order valence-corrected chi connectivity index (χ4v) is 3.98. The molecule has 0 radical (unpaired) electrons. The lowest BCUT2D eigenvalue weighted by Crippen LogP contribution is -2.44. The number of rotatable bonds is 2. The summed E-state index contributed by atoms with van der Waals surface area (Å²) < 4.78 is 0. The van der Waals surface area contributed by atoms with Crippen molar-refractivity contribution in [2.45, 2.75) is 25.4 Å². The lowest BCUT2D eigenvalue weighted by molar-refractivity contribution is -0.123. The van der Waals surface area contributed by atoms with Crippen molar-refractivity contribution < 1.29 is 9.59 Å². The average Bonchev–Trinajstić information content (AvgIpc) is 2.91. The molecular formula is C19H16Cl2N2O2. The molecule has 0 aliphatic carbocycles. The van der Waals surface area contributed by atoms with Gasteiger partial charge in [-0.2, -0.15) is 0 Å². The van der Waals surface area contributed by atoms with E-state index in [2.05, 4.69) is 17.0 Å². The summed E-state index contributed by atoms with van der Waals surface area (Å²) in [5.41, 5.74) is 2.89. The third-order valence-electron chi connectivity index (χ3n) is 4.90. The summed E-state index contributed by atoms with van der Waals surface area (Å²) in [5, 5.41) is 0.561. The molecule has 25 heavy (non-hydrogen) atoms. The van der Waals surface area contributed by atoms with Gasteiger partial charge < -0.3 is 0 Å². The van der Waals surface area contributed by atoms with Crippen molar-refractivity contribution in [3.8, 4) is 0 Å². The van der Waals surface area contributed by atoms with Crippen LogP contribution >= 0.6 is 23.2 Å². The predicted octanol–water partition coefficient (Wildman–Crippen LogP) is 3.68. The highest BCUT2D eigenvalue weighted by Gasteiger charge is 2.44. The number of amides is 2. The summed E-state index contributed by atoms with van der Waals surface area (Å²) in [7, 11) is 0. The van der Waals surface area contributed by atoms with Crippen molar-refractivity contribution in [2.24, 2.45) is 0 Å². The van der Waals surface area contributed by atoms with Crippen LogP contribution in [0.25, 0.3) is 0 Å². The van der Waals surface area contributed by atoms with Crippen molar-refractivity contribution in [1.82, 2.24) is 4.90 Å². The molecular weight excluding hydrogens is 359 g/mol. The number of imide groups is 1. The van der Waals surface area contributed by atoms with Crippen molar-refractivity contribution in [3.63, 3.8) is 0 Å². The lowest BCUT2D eigenvalue weighted by Gasteiger charge is -2.32. The van der Waals surface area contributed by atoms with E-state index >= 15 is 0 Å². The topological polar surface area (TPSA) is 40.6 Å². The van der Waals surface area contributed by atoms with Gasteiger partial charge in [-0.05, 0) is 29.7 Å². The van der Waals surface area contributed by atoms with Gasteiger partial charge in [-0.3, -0.25) is 14.5 Å². The van der Waals surface area contributed by atoms with Crippen molar-refractivity contribution >= 4 is 40.7 Å². The number of nitrogens with zero attached hydrogens (tertiary/aromatic N) is 2. The molecule has 128 valence electrons. The SMILES string of the molecule is O=C1CC(N2CCc3ccccc3C2)C(=O)N1c1cccc(Cl)c1Cl. The highest BCUT2D eigenvalue weighted by molar-refractivity contribution is 6.44. The molecule has 6 heteroatoms. The van der Waals surface area contributed by atoms with E-state index in [1.165, 1.54) is 16.0 Å². The average molecular weight is 375 g/mol. The Balaban J connectivity index is 1.61. The van der Waals surface area contributed by atoms with E-state index in [0.29, 0.717) is 17.3 Å². The third-order valence-corrected chi connectivity index (χ3v) is 5.70. The second-order valence-corrected chi connectivity index (χ2v) is 7.13. The molecule has 2 aromatic rings. The summed E-state index contributed by atoms with van der Waals surface area (Å²) in [6, 6.07) is 12.8. The standard InChI is InChI=1S/C19H16Cl2N2O2/c20-14-6-3-7-15(18(14)21)23-17(24)10-16(19(23)25)22-9-8-12-4-1-2-5-13(12)11-22/h1-7,16H,8-11H2. The summed E-state index contributed by atoms with van der Waals surface area (Å²) in [4.78, 5) is 28.7. The first-order valence-electron chi connectivity index (χ1n) is 8.18. The Morgan fingerprint density at radius 1 is 0.960 bits per heavy atom. The molecule has 0 bridgehead atoms. The van der Waals surface area contributed by atoms with Crippen LogP contribution in [0.1, 0.15) is 17.5 Å². The molecule has 0 spiro atoms. The number of carbonyl (C=O) groups is 2. The van der Waals surface area contributed by atoms with Crippen molar-refractivity contribution in [1.29, 1.82) is 0 Å². The molecule has 4 nitrogen and oxygen atoms in total. The Morgan fingerprint density at radius 2 is 1.72 bits per heavy atom. The molecule has 1 unspecified atom stereocenters. The minimum absolute atomic E-state index is 0.170. The van der Waals surface area contributed by atoms with E-state index in [9.17, 15) is 9.59 Å². The predicted molar refractivity (Wildman–Crippen MR) is 97.9 cm³/mol. The Morgan fingerprint density at radius 3 is 2.52 bits per heavy atom. The molecule has 2 aliphatic heterocycles.